The van der Waals surface area contributed by atoms with Crippen LogP contribution in [0.25, 0.3) is 0 Å². The second-order valence-electron chi connectivity index (χ2n) is 4.07. The zero-order valence-electron chi connectivity index (χ0n) is 10.5. The number of amides is 2. The second kappa shape index (κ2) is 6.91. The zero-order valence-corrected chi connectivity index (χ0v) is 10.5. The van der Waals surface area contributed by atoms with E-state index in [0.717, 1.165) is 0 Å². The first kappa shape index (κ1) is 16.7. The fourth-order valence-electron chi connectivity index (χ4n) is 1.39. The minimum atomic E-state index is -4.39. The summed E-state index contributed by atoms with van der Waals surface area (Å²) in [5, 5.41) is 12.4. The number of benzene rings is 1. The lowest BCUT2D eigenvalue weighted by atomic mass is 10.1. The van der Waals surface area contributed by atoms with Crippen molar-refractivity contribution in [3.8, 4) is 0 Å². The molecular weight excluding hydrogens is 296 g/mol. The van der Waals surface area contributed by atoms with Crippen LogP contribution in [0.2, 0.25) is 0 Å². The molecule has 0 radical (unpaired) electrons. The van der Waals surface area contributed by atoms with E-state index in [1.54, 1.807) is 6.07 Å². The summed E-state index contributed by atoms with van der Waals surface area (Å²) in [6, 6.07) is 4.72. The molecule has 3 N–H and O–H groups in total. The van der Waals surface area contributed by atoms with Gasteiger partial charge in [0.05, 0.1) is 6.54 Å². The Morgan fingerprint density at radius 1 is 1.19 bits per heavy atom. The molecule has 1 rings (SSSR count). The van der Waals surface area contributed by atoms with Crippen molar-refractivity contribution in [2.45, 2.75) is 18.4 Å². The van der Waals surface area contributed by atoms with Gasteiger partial charge in [-0.3, -0.25) is 0 Å². The Bertz CT molecular complexity index is 497. The SMILES string of the molecule is O=C(NCC(F)(F)C(F)F)NC(C(=O)O)c1ccccc1. The van der Waals surface area contributed by atoms with E-state index in [2.05, 4.69) is 0 Å². The number of urea groups is 1. The van der Waals surface area contributed by atoms with Gasteiger partial charge in [0.2, 0.25) is 0 Å². The average molecular weight is 308 g/mol. The molecule has 0 spiro atoms. The van der Waals surface area contributed by atoms with Crippen molar-refractivity contribution in [3.63, 3.8) is 0 Å². The molecule has 2 amide bonds. The van der Waals surface area contributed by atoms with Crippen LogP contribution < -0.4 is 10.6 Å². The Morgan fingerprint density at radius 2 is 1.76 bits per heavy atom. The molecule has 0 aliphatic rings. The molecule has 9 heteroatoms. The molecule has 0 bridgehead atoms. The van der Waals surface area contributed by atoms with E-state index in [1.165, 1.54) is 29.6 Å². The van der Waals surface area contributed by atoms with Crippen LogP contribution in [-0.4, -0.2) is 36.0 Å². The molecule has 0 aromatic heterocycles. The molecule has 0 saturated heterocycles. The minimum Gasteiger partial charge on any atom is -0.479 e. The molecule has 0 aliphatic heterocycles. The van der Waals surface area contributed by atoms with Crippen LogP contribution in [-0.2, 0) is 4.79 Å². The Morgan fingerprint density at radius 3 is 2.24 bits per heavy atom. The van der Waals surface area contributed by atoms with Gasteiger partial charge in [0, 0.05) is 0 Å². The molecule has 0 saturated carbocycles. The maximum atomic E-state index is 12.6. The van der Waals surface area contributed by atoms with Gasteiger partial charge in [-0.2, -0.15) is 8.78 Å². The normalized spacial score (nSPS) is 12.8. The molecule has 1 aromatic rings. The summed E-state index contributed by atoms with van der Waals surface area (Å²) in [4.78, 5) is 22.4. The van der Waals surface area contributed by atoms with Crippen molar-refractivity contribution in [2.75, 3.05) is 6.54 Å². The van der Waals surface area contributed by atoms with Crippen LogP contribution in [0, 0.1) is 0 Å². The van der Waals surface area contributed by atoms with E-state index in [9.17, 15) is 27.2 Å². The van der Waals surface area contributed by atoms with Gasteiger partial charge in [0.15, 0.2) is 6.04 Å². The number of carboxylic acids is 1. The first-order valence-corrected chi connectivity index (χ1v) is 5.72. The molecule has 0 heterocycles. The number of rotatable bonds is 6. The van der Waals surface area contributed by atoms with E-state index in [4.69, 9.17) is 5.11 Å². The Kier molecular flexibility index (Phi) is 5.51. The molecule has 1 atom stereocenters. The number of nitrogens with one attached hydrogen (secondary N) is 2. The molecule has 1 aromatic carbocycles. The molecule has 5 nitrogen and oxygen atoms in total. The molecule has 1 unspecified atom stereocenters. The predicted octanol–water partition coefficient (Wildman–Crippen LogP) is 2.01. The number of carboxylic acid groups (broad SMARTS) is 1. The maximum Gasteiger partial charge on any atom is 0.330 e. The molecule has 116 valence electrons. The topological polar surface area (TPSA) is 78.4 Å². The van der Waals surface area contributed by atoms with E-state index < -0.39 is 36.9 Å². The van der Waals surface area contributed by atoms with Crippen LogP contribution in [0.15, 0.2) is 30.3 Å². The first-order valence-electron chi connectivity index (χ1n) is 5.72. The molecular formula is C12H12F4N2O3. The van der Waals surface area contributed by atoms with Gasteiger partial charge >= 0.3 is 24.3 Å². The van der Waals surface area contributed by atoms with Crippen LogP contribution in [0.3, 0.4) is 0 Å². The standard InChI is InChI=1S/C12H12F4N2O3/c13-10(14)12(15,16)6-17-11(21)18-8(9(19)20)7-4-2-1-3-5-7/h1-5,8,10H,6H2,(H,19,20)(H2,17,18,21). The smallest absolute Gasteiger partial charge is 0.330 e. The minimum absolute atomic E-state index is 0.209. The fourth-order valence-corrected chi connectivity index (χ4v) is 1.39. The van der Waals surface area contributed by atoms with Gasteiger partial charge in [-0.1, -0.05) is 30.3 Å². The van der Waals surface area contributed by atoms with Gasteiger partial charge < -0.3 is 15.7 Å². The highest BCUT2D eigenvalue weighted by Gasteiger charge is 2.41. The number of alkyl halides is 4. The largest absolute Gasteiger partial charge is 0.479 e. The van der Waals surface area contributed by atoms with Gasteiger partial charge in [-0.15, -0.1) is 0 Å². The summed E-state index contributed by atoms with van der Waals surface area (Å²) >= 11 is 0. The highest BCUT2D eigenvalue weighted by Crippen LogP contribution is 2.21. The zero-order chi connectivity index (χ0) is 16.0. The van der Waals surface area contributed by atoms with Crippen molar-refractivity contribution in [3.05, 3.63) is 35.9 Å². The summed E-state index contributed by atoms with van der Waals surface area (Å²) in [6.45, 7) is -1.60. The van der Waals surface area contributed by atoms with Crippen molar-refractivity contribution in [1.82, 2.24) is 10.6 Å². The number of carbonyl (C=O) groups excluding carboxylic acids is 1. The summed E-state index contributed by atoms with van der Waals surface area (Å²) in [5.74, 6) is -5.81. The third-order valence-corrected chi connectivity index (χ3v) is 2.46. The third-order valence-electron chi connectivity index (χ3n) is 2.46. The van der Waals surface area contributed by atoms with Gasteiger partial charge in [0.25, 0.3) is 0 Å². The quantitative estimate of drug-likeness (QED) is 0.703. The van der Waals surface area contributed by atoms with E-state index >= 15 is 0 Å². The van der Waals surface area contributed by atoms with Gasteiger partial charge in [-0.05, 0) is 5.56 Å². The highest BCUT2D eigenvalue weighted by molar-refractivity contribution is 5.83. The van der Waals surface area contributed by atoms with Gasteiger partial charge in [-0.25, -0.2) is 18.4 Å². The molecule has 0 fully saturated rings. The summed E-state index contributed by atoms with van der Waals surface area (Å²) in [7, 11) is 0. The van der Waals surface area contributed by atoms with Crippen LogP contribution in [0.5, 0.6) is 0 Å². The average Bonchev–Trinajstić information content (AvgIpc) is 2.43. The maximum absolute atomic E-state index is 12.6. The number of carbonyl (C=O) groups is 2. The van der Waals surface area contributed by atoms with Crippen LogP contribution in [0.1, 0.15) is 11.6 Å². The lowest BCUT2D eigenvalue weighted by molar-refractivity contribution is -0.139. The number of aliphatic carboxylic acids is 1. The Balaban J connectivity index is 2.65. The first-order chi connectivity index (χ1) is 9.74. The number of hydrogen-bond donors (Lipinski definition) is 3. The molecule has 0 aliphatic carbocycles. The van der Waals surface area contributed by atoms with Crippen molar-refractivity contribution in [2.24, 2.45) is 0 Å². The monoisotopic (exact) mass is 308 g/mol. The van der Waals surface area contributed by atoms with E-state index in [-0.39, 0.29) is 5.56 Å². The molecule has 21 heavy (non-hydrogen) atoms. The predicted molar refractivity (Wildman–Crippen MR) is 64.3 cm³/mol. The summed E-state index contributed by atoms with van der Waals surface area (Å²) in [6.07, 6.45) is -3.93. The van der Waals surface area contributed by atoms with E-state index in [0.29, 0.717) is 0 Å². The summed E-state index contributed by atoms with van der Waals surface area (Å²) < 4.78 is 49.0. The van der Waals surface area contributed by atoms with Crippen molar-refractivity contribution in [1.29, 1.82) is 0 Å². The lowest BCUT2D eigenvalue weighted by Crippen LogP contribution is -2.47. The number of hydrogen-bond acceptors (Lipinski definition) is 2. The fraction of sp³-hybridized carbons (Fsp3) is 0.333. The van der Waals surface area contributed by atoms with Gasteiger partial charge in [0.1, 0.15) is 0 Å². The summed E-state index contributed by atoms with van der Waals surface area (Å²) in [5.41, 5.74) is 0.209. The van der Waals surface area contributed by atoms with Crippen molar-refractivity contribution >= 4 is 12.0 Å². The number of halogens is 4. The van der Waals surface area contributed by atoms with E-state index in [1.807, 2.05) is 5.32 Å². The highest BCUT2D eigenvalue weighted by atomic mass is 19.3. The lowest BCUT2D eigenvalue weighted by Gasteiger charge is -2.18. The Hall–Kier alpha value is -2.32. The second-order valence-corrected chi connectivity index (χ2v) is 4.07. The van der Waals surface area contributed by atoms with Crippen molar-refractivity contribution < 1.29 is 32.3 Å². The van der Waals surface area contributed by atoms with Crippen LogP contribution in [0.4, 0.5) is 22.4 Å². The van der Waals surface area contributed by atoms with Crippen LogP contribution >= 0.6 is 0 Å². The Labute approximate surface area is 117 Å². The third kappa shape index (κ3) is 4.93.